The van der Waals surface area contributed by atoms with Crippen LogP contribution in [0.1, 0.15) is 25.7 Å². The predicted octanol–water partition coefficient (Wildman–Crippen LogP) is 2.47. The van der Waals surface area contributed by atoms with Gasteiger partial charge in [0.15, 0.2) is 0 Å². The largest absolute Gasteiger partial charge is 0.299 e. The highest BCUT2D eigenvalue weighted by molar-refractivity contribution is 9.09. The van der Waals surface area contributed by atoms with Crippen molar-refractivity contribution >= 4 is 43.4 Å². The molecule has 0 N–H and O–H groups in total. The van der Waals surface area contributed by atoms with Crippen LogP contribution in [0.5, 0.6) is 0 Å². The van der Waals surface area contributed by atoms with Crippen LogP contribution in [0.15, 0.2) is 0 Å². The number of carbonyl (C=O) groups excluding carboxylic acids is 2. The lowest BCUT2D eigenvalue weighted by Gasteiger charge is -1.96. The normalized spacial score (nSPS) is 9.83. The molecule has 0 rings (SSSR count). The summed E-state index contributed by atoms with van der Waals surface area (Å²) in [5.41, 5.74) is 0. The number of unbranched alkanes of at least 4 members (excludes halogenated alkanes) is 1. The maximum absolute atomic E-state index is 10.8. The van der Waals surface area contributed by atoms with Crippen LogP contribution in [0.25, 0.3) is 0 Å². The van der Waals surface area contributed by atoms with Gasteiger partial charge >= 0.3 is 0 Å². The first kappa shape index (κ1) is 12.3. The summed E-state index contributed by atoms with van der Waals surface area (Å²) in [4.78, 5) is 21.6. The molecule has 0 atom stereocenters. The molecule has 0 heterocycles. The average Bonchev–Trinajstić information content (AvgIpc) is 2.11. The summed E-state index contributed by atoms with van der Waals surface area (Å²) in [5, 5.41) is 0.860. The molecule has 0 aromatic rings. The monoisotopic (exact) mass is 298 g/mol. The van der Waals surface area contributed by atoms with E-state index in [-0.39, 0.29) is 11.6 Å². The minimum Gasteiger partial charge on any atom is -0.299 e. The van der Waals surface area contributed by atoms with Crippen LogP contribution in [-0.2, 0) is 9.59 Å². The van der Waals surface area contributed by atoms with E-state index in [1.165, 1.54) is 0 Å². The van der Waals surface area contributed by atoms with E-state index in [9.17, 15) is 9.59 Å². The van der Waals surface area contributed by atoms with Crippen molar-refractivity contribution in [3.63, 3.8) is 0 Å². The Hall–Kier alpha value is 0.300. The Morgan fingerprint density at radius 1 is 0.833 bits per heavy atom. The van der Waals surface area contributed by atoms with Gasteiger partial charge in [-0.25, -0.2) is 0 Å². The van der Waals surface area contributed by atoms with Crippen molar-refractivity contribution < 1.29 is 9.59 Å². The molecule has 2 nitrogen and oxygen atoms in total. The van der Waals surface area contributed by atoms with E-state index in [0.717, 1.165) is 12.8 Å². The van der Waals surface area contributed by atoms with Crippen molar-refractivity contribution in [2.75, 3.05) is 10.7 Å². The van der Waals surface area contributed by atoms with E-state index >= 15 is 0 Å². The highest BCUT2D eigenvalue weighted by Gasteiger charge is 2.01. The molecule has 0 spiro atoms. The van der Waals surface area contributed by atoms with Gasteiger partial charge in [0.1, 0.15) is 11.6 Å². The predicted molar refractivity (Wildman–Crippen MR) is 56.1 cm³/mol. The molecule has 0 aromatic carbocycles. The maximum atomic E-state index is 10.8. The van der Waals surface area contributed by atoms with Gasteiger partial charge in [0.2, 0.25) is 0 Å². The van der Waals surface area contributed by atoms with Crippen LogP contribution in [0.2, 0.25) is 0 Å². The summed E-state index contributed by atoms with van der Waals surface area (Å²) in [7, 11) is 0. The molecule has 12 heavy (non-hydrogen) atoms. The second-order valence-electron chi connectivity index (χ2n) is 2.55. The molecule has 0 aliphatic carbocycles. The van der Waals surface area contributed by atoms with Gasteiger partial charge in [-0.05, 0) is 12.8 Å². The summed E-state index contributed by atoms with van der Waals surface area (Å²) >= 11 is 6.17. The fourth-order valence-corrected chi connectivity index (χ4v) is 1.34. The molecule has 70 valence electrons. The zero-order valence-electron chi connectivity index (χ0n) is 6.82. The van der Waals surface area contributed by atoms with E-state index in [1.54, 1.807) is 0 Å². The van der Waals surface area contributed by atoms with Crippen molar-refractivity contribution in [1.29, 1.82) is 0 Å². The second kappa shape index (κ2) is 7.92. The second-order valence-corrected chi connectivity index (χ2v) is 3.67. The fraction of sp³-hybridized carbons (Fsp3) is 0.750. The van der Waals surface area contributed by atoms with Crippen molar-refractivity contribution in [2.45, 2.75) is 25.7 Å². The van der Waals surface area contributed by atoms with Crippen LogP contribution in [0, 0.1) is 0 Å². The smallest absolute Gasteiger partial charge is 0.143 e. The molecule has 0 fully saturated rings. The maximum Gasteiger partial charge on any atom is 0.143 e. The summed E-state index contributed by atoms with van der Waals surface area (Å²) in [5.74, 6) is 0.419. The Kier molecular flexibility index (Phi) is 8.12. The van der Waals surface area contributed by atoms with Crippen molar-refractivity contribution in [3.05, 3.63) is 0 Å². The van der Waals surface area contributed by atoms with E-state index in [1.807, 2.05) is 0 Å². The standard InChI is InChI=1S/C8H12Br2O2/c9-5-7(11)3-1-2-4-8(12)6-10/h1-6H2. The number of carbonyl (C=O) groups is 2. The van der Waals surface area contributed by atoms with Gasteiger partial charge in [-0.15, -0.1) is 0 Å². The molecule has 4 heteroatoms. The van der Waals surface area contributed by atoms with E-state index in [0.29, 0.717) is 23.5 Å². The minimum absolute atomic E-state index is 0.210. The summed E-state index contributed by atoms with van der Waals surface area (Å²) in [6.07, 6.45) is 2.81. The summed E-state index contributed by atoms with van der Waals surface area (Å²) in [6.45, 7) is 0. The van der Waals surface area contributed by atoms with Crippen molar-refractivity contribution in [1.82, 2.24) is 0 Å². The first-order valence-corrected chi connectivity index (χ1v) is 6.10. The van der Waals surface area contributed by atoms with Crippen molar-refractivity contribution in [2.24, 2.45) is 0 Å². The van der Waals surface area contributed by atoms with Gasteiger partial charge in [-0.3, -0.25) is 9.59 Å². The highest BCUT2D eigenvalue weighted by Crippen LogP contribution is 2.03. The lowest BCUT2D eigenvalue weighted by Crippen LogP contribution is -2.01. The lowest BCUT2D eigenvalue weighted by molar-refractivity contribution is -0.118. The molecule has 0 saturated heterocycles. The number of hydrogen-bond donors (Lipinski definition) is 0. The van der Waals surface area contributed by atoms with E-state index in [2.05, 4.69) is 31.9 Å². The first-order chi connectivity index (χ1) is 5.70. The molecule has 0 bridgehead atoms. The Morgan fingerprint density at radius 2 is 1.17 bits per heavy atom. The molecule has 0 amide bonds. The van der Waals surface area contributed by atoms with Crippen LogP contribution in [0.3, 0.4) is 0 Å². The topological polar surface area (TPSA) is 34.1 Å². The molecule has 0 aromatic heterocycles. The van der Waals surface area contributed by atoms with Gasteiger partial charge in [0.05, 0.1) is 10.7 Å². The summed E-state index contributed by atoms with van der Waals surface area (Å²) < 4.78 is 0. The van der Waals surface area contributed by atoms with E-state index in [4.69, 9.17) is 0 Å². The zero-order valence-corrected chi connectivity index (χ0v) is 9.99. The zero-order chi connectivity index (χ0) is 9.40. The van der Waals surface area contributed by atoms with Gasteiger partial charge in [-0.1, -0.05) is 31.9 Å². The van der Waals surface area contributed by atoms with Crippen LogP contribution < -0.4 is 0 Å². The van der Waals surface area contributed by atoms with Crippen LogP contribution in [-0.4, -0.2) is 22.2 Å². The van der Waals surface area contributed by atoms with Crippen LogP contribution >= 0.6 is 31.9 Å². The SMILES string of the molecule is O=C(CBr)CCCCC(=O)CBr. The third kappa shape index (κ3) is 6.98. The molecule has 0 unspecified atom stereocenters. The third-order valence-electron chi connectivity index (χ3n) is 1.46. The van der Waals surface area contributed by atoms with E-state index < -0.39 is 0 Å². The first-order valence-electron chi connectivity index (χ1n) is 3.86. The van der Waals surface area contributed by atoms with Gasteiger partial charge in [0, 0.05) is 12.8 Å². The Morgan fingerprint density at radius 3 is 1.42 bits per heavy atom. The molecular formula is C8H12Br2O2. The fourth-order valence-electron chi connectivity index (χ4n) is 0.778. The van der Waals surface area contributed by atoms with Crippen LogP contribution in [0.4, 0.5) is 0 Å². The quantitative estimate of drug-likeness (QED) is 0.535. The molecule has 0 aliphatic rings. The Balaban J connectivity index is 3.21. The number of Topliss-reactive ketones (excluding diaryl/α,β-unsaturated/α-hetero) is 2. The average molecular weight is 300 g/mol. The minimum atomic E-state index is 0.210. The van der Waals surface area contributed by atoms with Gasteiger partial charge < -0.3 is 0 Å². The third-order valence-corrected chi connectivity index (χ3v) is 2.71. The molecule has 0 aliphatic heterocycles. The number of rotatable bonds is 7. The number of ketones is 2. The Labute approximate surface area is 89.4 Å². The number of halogens is 2. The molecular weight excluding hydrogens is 288 g/mol. The highest BCUT2D eigenvalue weighted by atomic mass is 79.9. The van der Waals surface area contributed by atoms with Gasteiger partial charge in [-0.2, -0.15) is 0 Å². The molecule has 0 saturated carbocycles. The molecule has 0 radical (unpaired) electrons. The van der Waals surface area contributed by atoms with Crippen molar-refractivity contribution in [3.8, 4) is 0 Å². The lowest BCUT2D eigenvalue weighted by atomic mass is 10.1. The number of hydrogen-bond acceptors (Lipinski definition) is 2. The Bertz CT molecular complexity index is 139. The summed E-state index contributed by atoms with van der Waals surface area (Å²) in [6, 6.07) is 0. The van der Waals surface area contributed by atoms with Gasteiger partial charge in [0.25, 0.3) is 0 Å². The number of alkyl halides is 2.